The van der Waals surface area contributed by atoms with Crippen molar-refractivity contribution in [3.05, 3.63) is 0 Å². The molecule has 0 bridgehead atoms. The molecule has 1 atom stereocenters. The quantitative estimate of drug-likeness (QED) is 0.292. The van der Waals surface area contributed by atoms with E-state index in [4.69, 9.17) is 4.74 Å². The van der Waals surface area contributed by atoms with E-state index in [-0.39, 0.29) is 30.5 Å². The summed E-state index contributed by atoms with van der Waals surface area (Å²) in [7, 11) is 1.47. The molecule has 6 nitrogen and oxygen atoms in total. The van der Waals surface area contributed by atoms with Crippen molar-refractivity contribution in [3.8, 4) is 0 Å². The van der Waals surface area contributed by atoms with E-state index in [9.17, 15) is 13.2 Å². The van der Waals surface area contributed by atoms with Crippen LogP contribution in [0.1, 0.15) is 26.2 Å². The molecule has 2 rings (SSSR count). The Hall–Kier alpha value is -0.330. The van der Waals surface area contributed by atoms with Gasteiger partial charge in [-0.1, -0.05) is 0 Å². The highest BCUT2D eigenvalue weighted by molar-refractivity contribution is 14.0. The van der Waals surface area contributed by atoms with Crippen LogP contribution in [0.15, 0.2) is 4.99 Å². The van der Waals surface area contributed by atoms with Gasteiger partial charge in [0.2, 0.25) is 0 Å². The lowest BCUT2D eigenvalue weighted by molar-refractivity contribution is -0.142. The number of halogens is 4. The minimum absolute atomic E-state index is 0. The summed E-state index contributed by atoms with van der Waals surface area (Å²) in [6.45, 7) is 7.43. The SMILES string of the molecule is CCNC(=NCCN(C)CC(F)(F)F)NC1CCN(CC2CCOC2)CC1.I. The summed E-state index contributed by atoms with van der Waals surface area (Å²) in [5, 5.41) is 6.63. The smallest absolute Gasteiger partial charge is 0.381 e. The number of piperidine rings is 1. The molecule has 0 aromatic rings. The van der Waals surface area contributed by atoms with E-state index in [1.165, 1.54) is 11.9 Å². The van der Waals surface area contributed by atoms with E-state index in [2.05, 4.69) is 20.5 Å². The predicted octanol–water partition coefficient (Wildman–Crippen LogP) is 2.15. The Morgan fingerprint density at radius 3 is 2.54 bits per heavy atom. The fourth-order valence-electron chi connectivity index (χ4n) is 3.58. The van der Waals surface area contributed by atoms with Crippen molar-refractivity contribution >= 4 is 29.9 Å². The van der Waals surface area contributed by atoms with Crippen molar-refractivity contribution in [3.63, 3.8) is 0 Å². The Bertz CT molecular complexity index is 453. The van der Waals surface area contributed by atoms with E-state index in [1.54, 1.807) is 0 Å². The van der Waals surface area contributed by atoms with Gasteiger partial charge in [0.05, 0.1) is 19.7 Å². The molecule has 0 radical (unpaired) electrons. The number of rotatable bonds is 8. The molecule has 28 heavy (non-hydrogen) atoms. The zero-order chi connectivity index (χ0) is 19.7. The standard InChI is InChI=1S/C18H34F3N5O.HI/c1-3-22-17(23-7-10-25(2)14-18(19,20)21)24-16-4-8-26(9-5-16)12-15-6-11-27-13-15;/h15-16H,3-14H2,1-2H3,(H2,22,23,24);1H. The molecule has 0 amide bonds. The van der Waals surface area contributed by atoms with E-state index < -0.39 is 12.7 Å². The van der Waals surface area contributed by atoms with Crippen molar-refractivity contribution in [1.82, 2.24) is 20.4 Å². The zero-order valence-electron chi connectivity index (χ0n) is 16.9. The number of nitrogens with one attached hydrogen (secondary N) is 2. The predicted molar refractivity (Wildman–Crippen MR) is 116 cm³/mol. The first-order valence-electron chi connectivity index (χ1n) is 9.96. The van der Waals surface area contributed by atoms with Crippen molar-refractivity contribution in [1.29, 1.82) is 0 Å². The third-order valence-corrected chi connectivity index (χ3v) is 5.01. The van der Waals surface area contributed by atoms with E-state index >= 15 is 0 Å². The van der Waals surface area contributed by atoms with Crippen LogP contribution in [0.2, 0.25) is 0 Å². The lowest BCUT2D eigenvalue weighted by atomic mass is 10.0. The van der Waals surface area contributed by atoms with Gasteiger partial charge in [0.25, 0.3) is 0 Å². The summed E-state index contributed by atoms with van der Waals surface area (Å²) >= 11 is 0. The minimum atomic E-state index is -4.17. The fraction of sp³-hybridized carbons (Fsp3) is 0.944. The molecule has 0 spiro atoms. The van der Waals surface area contributed by atoms with Crippen LogP contribution in [0.5, 0.6) is 0 Å². The number of guanidine groups is 1. The third kappa shape index (κ3) is 10.4. The molecule has 2 fully saturated rings. The van der Waals surface area contributed by atoms with Crippen LogP contribution in [-0.4, -0.2) is 94.1 Å². The molecule has 166 valence electrons. The second-order valence-electron chi connectivity index (χ2n) is 7.56. The van der Waals surface area contributed by atoms with Crippen LogP contribution in [0.4, 0.5) is 13.2 Å². The Labute approximate surface area is 183 Å². The minimum Gasteiger partial charge on any atom is -0.381 e. The van der Waals surface area contributed by atoms with Gasteiger partial charge in [-0.05, 0) is 39.2 Å². The van der Waals surface area contributed by atoms with Gasteiger partial charge in [-0.25, -0.2) is 0 Å². The highest BCUT2D eigenvalue weighted by atomic mass is 127. The largest absolute Gasteiger partial charge is 0.401 e. The average molecular weight is 521 g/mol. The van der Waals surface area contributed by atoms with Gasteiger partial charge in [0.1, 0.15) is 0 Å². The number of hydrogen-bond donors (Lipinski definition) is 2. The number of likely N-dealkylation sites (N-methyl/N-ethyl adjacent to an activating group) is 1. The first kappa shape index (κ1) is 25.7. The van der Waals surface area contributed by atoms with Gasteiger partial charge in [0, 0.05) is 45.4 Å². The first-order valence-corrected chi connectivity index (χ1v) is 9.96. The Morgan fingerprint density at radius 2 is 1.96 bits per heavy atom. The van der Waals surface area contributed by atoms with Crippen LogP contribution >= 0.6 is 24.0 Å². The zero-order valence-corrected chi connectivity index (χ0v) is 19.3. The van der Waals surface area contributed by atoms with Crippen LogP contribution in [0.25, 0.3) is 0 Å². The molecule has 2 N–H and O–H groups in total. The second-order valence-corrected chi connectivity index (χ2v) is 7.56. The molecule has 2 aliphatic rings. The number of ether oxygens (including phenoxy) is 1. The highest BCUT2D eigenvalue weighted by Crippen LogP contribution is 2.18. The van der Waals surface area contributed by atoms with E-state index in [0.29, 0.717) is 24.5 Å². The Balaban J connectivity index is 0.00000392. The van der Waals surface area contributed by atoms with E-state index in [1.807, 2.05) is 6.92 Å². The molecule has 1 unspecified atom stereocenters. The van der Waals surface area contributed by atoms with E-state index in [0.717, 1.165) is 58.7 Å². The monoisotopic (exact) mass is 521 g/mol. The van der Waals surface area contributed by atoms with Gasteiger partial charge >= 0.3 is 6.18 Å². The summed E-state index contributed by atoms with van der Waals surface area (Å²) in [6.07, 6.45) is -0.907. The second kappa shape index (κ2) is 13.1. The lowest BCUT2D eigenvalue weighted by Crippen LogP contribution is -2.49. The molecule has 2 saturated heterocycles. The normalized spacial score (nSPS) is 22.4. The van der Waals surface area contributed by atoms with Crippen molar-refractivity contribution in [2.75, 3.05) is 66.1 Å². The summed E-state index contributed by atoms with van der Waals surface area (Å²) in [5.74, 6) is 1.36. The number of hydrogen-bond acceptors (Lipinski definition) is 4. The summed E-state index contributed by atoms with van der Waals surface area (Å²) in [4.78, 5) is 8.19. The topological polar surface area (TPSA) is 52.1 Å². The van der Waals surface area contributed by atoms with Crippen LogP contribution < -0.4 is 10.6 Å². The molecular formula is C18H35F3IN5O. The number of alkyl halides is 3. The summed E-state index contributed by atoms with van der Waals surface area (Å²) in [6, 6.07) is 0.354. The molecule has 0 aliphatic carbocycles. The van der Waals surface area contributed by atoms with Gasteiger partial charge in [-0.3, -0.25) is 9.89 Å². The maximum Gasteiger partial charge on any atom is 0.401 e. The molecule has 2 aliphatic heterocycles. The van der Waals surface area contributed by atoms with Gasteiger partial charge in [-0.2, -0.15) is 13.2 Å². The van der Waals surface area contributed by atoms with Crippen molar-refractivity contribution in [2.45, 2.75) is 38.4 Å². The van der Waals surface area contributed by atoms with Crippen LogP contribution in [0, 0.1) is 5.92 Å². The lowest BCUT2D eigenvalue weighted by Gasteiger charge is -2.34. The molecule has 10 heteroatoms. The highest BCUT2D eigenvalue weighted by Gasteiger charge is 2.29. The van der Waals surface area contributed by atoms with Crippen molar-refractivity contribution in [2.24, 2.45) is 10.9 Å². The molecule has 0 aromatic carbocycles. The summed E-state index contributed by atoms with van der Waals surface area (Å²) < 4.78 is 42.6. The number of likely N-dealkylation sites (tertiary alicyclic amines) is 1. The van der Waals surface area contributed by atoms with Gasteiger partial charge < -0.3 is 20.3 Å². The molecule has 2 heterocycles. The fourth-order valence-corrected chi connectivity index (χ4v) is 3.58. The third-order valence-electron chi connectivity index (χ3n) is 5.01. The maximum atomic E-state index is 12.4. The number of nitrogens with zero attached hydrogens (tertiary/aromatic N) is 3. The molecular weight excluding hydrogens is 486 g/mol. The maximum absolute atomic E-state index is 12.4. The number of aliphatic imine (C=N–C) groups is 1. The Kier molecular flexibility index (Phi) is 12.0. The molecule has 0 saturated carbocycles. The van der Waals surface area contributed by atoms with Crippen molar-refractivity contribution < 1.29 is 17.9 Å². The van der Waals surface area contributed by atoms with Crippen LogP contribution in [-0.2, 0) is 4.74 Å². The first-order chi connectivity index (χ1) is 12.9. The average Bonchev–Trinajstić information content (AvgIpc) is 3.08. The van der Waals surface area contributed by atoms with Crippen LogP contribution in [0.3, 0.4) is 0 Å². The molecule has 0 aromatic heterocycles. The van der Waals surface area contributed by atoms with Gasteiger partial charge in [-0.15, -0.1) is 24.0 Å². The van der Waals surface area contributed by atoms with Gasteiger partial charge in [0.15, 0.2) is 5.96 Å². The Morgan fingerprint density at radius 1 is 1.25 bits per heavy atom. The summed E-state index contributed by atoms with van der Waals surface area (Å²) in [5.41, 5.74) is 0.